The topological polar surface area (TPSA) is 44.3 Å². The van der Waals surface area contributed by atoms with Crippen LogP contribution in [0.25, 0.3) is 0 Å². The molecule has 120 valence electrons. The van der Waals surface area contributed by atoms with Crippen molar-refractivity contribution in [1.82, 2.24) is 14.9 Å². The van der Waals surface area contributed by atoms with Gasteiger partial charge in [0.05, 0.1) is 0 Å². The number of nitrogens with one attached hydrogen (secondary N) is 1. The molecule has 1 aliphatic rings. The average molecular weight is 309 g/mol. The Morgan fingerprint density at radius 2 is 1.87 bits per heavy atom. The molecule has 1 aliphatic heterocycles. The normalized spacial score (nSPS) is 15.4. The van der Waals surface area contributed by atoms with E-state index in [1.54, 1.807) is 6.08 Å². The van der Waals surface area contributed by atoms with Gasteiger partial charge in [0.15, 0.2) is 0 Å². The molecule has 0 amide bonds. The fourth-order valence-electron chi connectivity index (χ4n) is 2.75. The van der Waals surface area contributed by atoms with E-state index in [1.165, 1.54) is 5.56 Å². The first-order chi connectivity index (χ1) is 11.3. The molecular formula is C18H23N5. The summed E-state index contributed by atoms with van der Waals surface area (Å²) in [6.45, 7) is 9.47. The van der Waals surface area contributed by atoms with Crippen LogP contribution < -0.4 is 10.2 Å². The molecule has 2 heterocycles. The van der Waals surface area contributed by atoms with E-state index in [0.29, 0.717) is 12.5 Å². The smallest absolute Gasteiger partial charge is 0.224 e. The molecule has 5 nitrogen and oxygen atoms in total. The third-order valence-corrected chi connectivity index (χ3v) is 3.99. The molecule has 1 N–H and O–H groups in total. The third kappa shape index (κ3) is 4.29. The summed E-state index contributed by atoms with van der Waals surface area (Å²) in [5, 5.41) is 3.14. The molecule has 1 fully saturated rings. The van der Waals surface area contributed by atoms with Crippen LogP contribution in [0.5, 0.6) is 0 Å². The minimum Gasteiger partial charge on any atom is -0.354 e. The van der Waals surface area contributed by atoms with Gasteiger partial charge in [-0.2, -0.15) is 4.98 Å². The van der Waals surface area contributed by atoms with Crippen LogP contribution in [-0.4, -0.2) is 47.6 Å². The van der Waals surface area contributed by atoms with Crippen molar-refractivity contribution >= 4 is 11.8 Å². The molecule has 3 rings (SSSR count). The second-order valence-electron chi connectivity index (χ2n) is 5.66. The minimum absolute atomic E-state index is 0.661. The quantitative estimate of drug-likeness (QED) is 0.830. The predicted molar refractivity (Wildman–Crippen MR) is 94.7 cm³/mol. The van der Waals surface area contributed by atoms with Gasteiger partial charge in [0.25, 0.3) is 0 Å². The molecule has 1 aromatic heterocycles. The number of anilines is 2. The van der Waals surface area contributed by atoms with E-state index in [4.69, 9.17) is 0 Å². The molecule has 1 saturated heterocycles. The van der Waals surface area contributed by atoms with Crippen molar-refractivity contribution in [2.45, 2.75) is 6.54 Å². The number of nitrogens with zero attached hydrogens (tertiary/aromatic N) is 4. The van der Waals surface area contributed by atoms with E-state index in [9.17, 15) is 0 Å². The highest BCUT2D eigenvalue weighted by Gasteiger charge is 2.18. The van der Waals surface area contributed by atoms with E-state index in [0.717, 1.165) is 38.5 Å². The fraction of sp³-hybridized carbons (Fsp3) is 0.333. The Kier molecular flexibility index (Phi) is 5.21. The van der Waals surface area contributed by atoms with Gasteiger partial charge in [-0.1, -0.05) is 36.4 Å². The molecule has 5 heteroatoms. The third-order valence-electron chi connectivity index (χ3n) is 3.99. The van der Waals surface area contributed by atoms with Crippen LogP contribution in [-0.2, 0) is 6.54 Å². The van der Waals surface area contributed by atoms with Gasteiger partial charge in [0.2, 0.25) is 5.95 Å². The van der Waals surface area contributed by atoms with Crippen molar-refractivity contribution in [3.05, 3.63) is 60.8 Å². The summed E-state index contributed by atoms with van der Waals surface area (Å²) in [6, 6.07) is 12.6. The zero-order valence-corrected chi connectivity index (χ0v) is 13.4. The summed E-state index contributed by atoms with van der Waals surface area (Å²) >= 11 is 0. The monoisotopic (exact) mass is 309 g/mol. The summed E-state index contributed by atoms with van der Waals surface area (Å²) in [5.41, 5.74) is 1.37. The van der Waals surface area contributed by atoms with Gasteiger partial charge in [-0.25, -0.2) is 4.98 Å². The van der Waals surface area contributed by atoms with Gasteiger partial charge in [-0.05, 0) is 11.6 Å². The Morgan fingerprint density at radius 3 is 2.61 bits per heavy atom. The maximum absolute atomic E-state index is 4.58. The van der Waals surface area contributed by atoms with Gasteiger partial charge in [-0.3, -0.25) is 4.90 Å². The Labute approximate surface area is 137 Å². The largest absolute Gasteiger partial charge is 0.354 e. The van der Waals surface area contributed by atoms with Gasteiger partial charge in [0.1, 0.15) is 5.82 Å². The summed E-state index contributed by atoms with van der Waals surface area (Å²) in [5.74, 6) is 1.65. The number of hydrogen-bond acceptors (Lipinski definition) is 5. The molecule has 0 bridgehead atoms. The number of rotatable bonds is 6. The molecule has 0 atom stereocenters. The lowest BCUT2D eigenvalue weighted by atomic mass is 10.2. The average Bonchev–Trinajstić information content (AvgIpc) is 2.62. The molecule has 0 unspecified atom stereocenters. The van der Waals surface area contributed by atoms with Crippen LogP contribution >= 0.6 is 0 Å². The van der Waals surface area contributed by atoms with Gasteiger partial charge in [-0.15, -0.1) is 6.58 Å². The van der Waals surface area contributed by atoms with Gasteiger partial charge in [0, 0.05) is 45.5 Å². The molecule has 0 saturated carbocycles. The number of hydrogen-bond donors (Lipinski definition) is 1. The highest BCUT2D eigenvalue weighted by atomic mass is 15.3. The minimum atomic E-state index is 0.661. The van der Waals surface area contributed by atoms with Crippen molar-refractivity contribution in [2.75, 3.05) is 42.9 Å². The number of aromatic nitrogens is 2. The highest BCUT2D eigenvalue weighted by Crippen LogP contribution is 2.16. The van der Waals surface area contributed by atoms with Crippen molar-refractivity contribution in [3.8, 4) is 0 Å². The van der Waals surface area contributed by atoms with Crippen molar-refractivity contribution < 1.29 is 0 Å². The standard InChI is InChI=1S/C18H23N5/c1-2-9-19-18-20-10-8-17(21-18)23-13-11-22(12-14-23)15-16-6-4-3-5-7-16/h2-8,10H,1,9,11-15H2,(H,19,20,21). The van der Waals surface area contributed by atoms with Crippen LogP contribution in [0.4, 0.5) is 11.8 Å². The first-order valence-electron chi connectivity index (χ1n) is 8.04. The fourth-order valence-corrected chi connectivity index (χ4v) is 2.75. The van der Waals surface area contributed by atoms with E-state index in [-0.39, 0.29) is 0 Å². The molecule has 23 heavy (non-hydrogen) atoms. The molecule has 2 aromatic rings. The highest BCUT2D eigenvalue weighted by molar-refractivity contribution is 5.43. The van der Waals surface area contributed by atoms with Crippen LogP contribution in [0.3, 0.4) is 0 Å². The second-order valence-corrected chi connectivity index (χ2v) is 5.66. The predicted octanol–water partition coefficient (Wildman–Crippen LogP) is 2.40. The zero-order valence-electron chi connectivity index (χ0n) is 13.4. The lowest BCUT2D eigenvalue weighted by Gasteiger charge is -2.35. The van der Waals surface area contributed by atoms with E-state index in [2.05, 4.69) is 62.0 Å². The van der Waals surface area contributed by atoms with Gasteiger partial charge >= 0.3 is 0 Å². The Hall–Kier alpha value is -2.40. The molecular weight excluding hydrogens is 286 g/mol. The first kappa shape index (κ1) is 15.5. The Morgan fingerprint density at radius 1 is 1.09 bits per heavy atom. The Balaban J connectivity index is 1.55. The summed E-state index contributed by atoms with van der Waals surface area (Å²) in [7, 11) is 0. The van der Waals surface area contributed by atoms with E-state index >= 15 is 0 Å². The molecule has 1 aromatic carbocycles. The van der Waals surface area contributed by atoms with Crippen molar-refractivity contribution in [1.29, 1.82) is 0 Å². The summed E-state index contributed by atoms with van der Waals surface area (Å²) in [4.78, 5) is 13.6. The summed E-state index contributed by atoms with van der Waals surface area (Å²) < 4.78 is 0. The summed E-state index contributed by atoms with van der Waals surface area (Å²) in [6.07, 6.45) is 3.61. The van der Waals surface area contributed by atoms with Crippen LogP contribution in [0, 0.1) is 0 Å². The molecule has 0 aliphatic carbocycles. The molecule has 0 spiro atoms. The zero-order chi connectivity index (χ0) is 15.9. The van der Waals surface area contributed by atoms with Gasteiger partial charge < -0.3 is 10.2 Å². The lowest BCUT2D eigenvalue weighted by molar-refractivity contribution is 0.249. The first-order valence-corrected chi connectivity index (χ1v) is 8.04. The lowest BCUT2D eigenvalue weighted by Crippen LogP contribution is -2.46. The maximum Gasteiger partial charge on any atom is 0.224 e. The second kappa shape index (κ2) is 7.74. The molecule has 0 radical (unpaired) electrons. The van der Waals surface area contributed by atoms with Crippen LogP contribution in [0.2, 0.25) is 0 Å². The van der Waals surface area contributed by atoms with Crippen molar-refractivity contribution in [3.63, 3.8) is 0 Å². The number of benzene rings is 1. The SMILES string of the molecule is C=CCNc1nccc(N2CCN(Cc3ccccc3)CC2)n1. The maximum atomic E-state index is 4.58. The van der Waals surface area contributed by atoms with Crippen molar-refractivity contribution in [2.24, 2.45) is 0 Å². The van der Waals surface area contributed by atoms with E-state index in [1.807, 2.05) is 12.3 Å². The van der Waals surface area contributed by atoms with Crippen LogP contribution in [0.15, 0.2) is 55.3 Å². The number of piperazine rings is 1. The Bertz CT molecular complexity index is 620. The van der Waals surface area contributed by atoms with E-state index < -0.39 is 0 Å². The van der Waals surface area contributed by atoms with Crippen LogP contribution in [0.1, 0.15) is 5.56 Å².